The molecule has 0 aliphatic rings. The highest BCUT2D eigenvalue weighted by molar-refractivity contribution is 7.60. The molecule has 0 radical (unpaired) electrons. The summed E-state index contributed by atoms with van der Waals surface area (Å²) < 4.78 is 40.8. The molecule has 1 heterocycles. The lowest BCUT2D eigenvalue weighted by Gasteiger charge is -2.29. The molecule has 50 heavy (non-hydrogen) atoms. The van der Waals surface area contributed by atoms with Crippen LogP contribution in [0.1, 0.15) is 0 Å². The first-order chi connectivity index (χ1) is 24.6. The quantitative estimate of drug-likeness (QED) is 0.118. The predicted molar refractivity (Wildman–Crippen MR) is 195 cm³/mol. The van der Waals surface area contributed by atoms with Crippen molar-refractivity contribution >= 4 is 24.2 Å². The zero-order valence-corrected chi connectivity index (χ0v) is 29.1. The molecule has 13 heteroatoms. The molecule has 250 valence electrons. The van der Waals surface area contributed by atoms with Gasteiger partial charge in [0.15, 0.2) is 23.0 Å². The number of para-hydroxylation sites is 6. The van der Waals surface area contributed by atoms with Crippen LogP contribution in [0.4, 0.5) is 0 Å². The van der Waals surface area contributed by atoms with Crippen LogP contribution in [0.25, 0.3) is 0 Å². The summed E-state index contributed by atoms with van der Waals surface area (Å²) in [6, 6.07) is 54.6. The minimum atomic E-state index is -2.57. The first kappa shape index (κ1) is 32.9. The maximum absolute atomic E-state index is 12.9. The van der Waals surface area contributed by atoms with E-state index in [2.05, 4.69) is 0 Å². The number of hydrogen-bond donors (Lipinski definition) is 1. The fourth-order valence-electron chi connectivity index (χ4n) is 4.50. The number of benzene rings is 6. The summed E-state index contributed by atoms with van der Waals surface area (Å²) in [6.45, 7) is 0. The summed E-state index contributed by atoms with van der Waals surface area (Å²) in [7, 11) is -6.53. The predicted octanol–water partition coefficient (Wildman–Crippen LogP) is 10.1. The minimum Gasteiger partial charge on any atom is -0.410 e. The number of nitrogens with zero attached hydrogens (tertiary/aromatic N) is 3. The Morgan fingerprint density at radius 2 is 0.860 bits per heavy atom. The highest BCUT2D eigenvalue weighted by Gasteiger charge is 2.50. The number of aromatic nitrogens is 3. The Hall–Kier alpha value is -5.62. The van der Waals surface area contributed by atoms with Crippen molar-refractivity contribution in [2.75, 3.05) is 0 Å². The maximum Gasteiger partial charge on any atom is 0.508 e. The molecule has 0 bridgehead atoms. The van der Waals surface area contributed by atoms with Gasteiger partial charge in [0.25, 0.3) is 0 Å². The molecular formula is C37H31N3O7P3+. The van der Waals surface area contributed by atoms with Crippen LogP contribution in [-0.4, -0.2) is 18.0 Å². The van der Waals surface area contributed by atoms with Crippen molar-refractivity contribution in [3.63, 3.8) is 0 Å². The van der Waals surface area contributed by atoms with Crippen molar-refractivity contribution in [2.24, 2.45) is 0 Å². The summed E-state index contributed by atoms with van der Waals surface area (Å²) in [5.74, 6) is 2.66. The van der Waals surface area contributed by atoms with Crippen LogP contribution in [-0.2, 0) is 6.10 Å². The molecule has 0 spiro atoms. The smallest absolute Gasteiger partial charge is 0.410 e. The molecule has 0 saturated heterocycles. The molecule has 6 aromatic carbocycles. The largest absolute Gasteiger partial charge is 0.508 e. The molecule has 1 N–H and O–H groups in total. The molecule has 0 aliphatic heterocycles. The lowest BCUT2D eigenvalue weighted by atomic mass is 10.3. The van der Waals surface area contributed by atoms with E-state index in [1.807, 2.05) is 109 Å². The lowest BCUT2D eigenvalue weighted by Crippen LogP contribution is -2.45. The second kappa shape index (κ2) is 15.7. The Morgan fingerprint density at radius 1 is 0.480 bits per heavy atom. The fourth-order valence-corrected chi connectivity index (χ4v) is 11.0. The van der Waals surface area contributed by atoms with E-state index in [0.717, 1.165) is 0 Å². The zero-order chi connectivity index (χ0) is 34.0. The van der Waals surface area contributed by atoms with Crippen LogP contribution in [0.15, 0.2) is 182 Å². The highest BCUT2D eigenvalue weighted by atomic mass is 31.2. The molecule has 0 amide bonds. The van der Waals surface area contributed by atoms with Crippen LogP contribution in [0, 0.1) is 0 Å². The monoisotopic (exact) mass is 722 g/mol. The number of hydrogen-bond acceptors (Lipinski definition) is 8. The third-order valence-corrected chi connectivity index (χ3v) is 12.8. The van der Waals surface area contributed by atoms with Crippen LogP contribution >= 0.6 is 24.2 Å². The van der Waals surface area contributed by atoms with Gasteiger partial charge < -0.3 is 33.0 Å². The van der Waals surface area contributed by atoms with Gasteiger partial charge in [0, 0.05) is 4.51 Å². The summed E-state index contributed by atoms with van der Waals surface area (Å²) in [4.78, 5) is 6.59. The molecule has 7 aromatic rings. The van der Waals surface area contributed by atoms with Crippen LogP contribution in [0.3, 0.4) is 0 Å². The van der Waals surface area contributed by atoms with Crippen molar-refractivity contribution < 1.29 is 33.0 Å². The minimum absolute atomic E-state index is 0.319. The zero-order valence-electron chi connectivity index (χ0n) is 26.4. The summed E-state index contributed by atoms with van der Waals surface area (Å²) in [5.41, 5.74) is 0. The Kier molecular flexibility index (Phi) is 10.4. The average Bonchev–Trinajstić information content (AvgIpc) is 3.15. The Labute approximate surface area is 292 Å². The van der Waals surface area contributed by atoms with Crippen LogP contribution in [0.2, 0.25) is 0 Å². The molecule has 0 fully saturated rings. The molecule has 0 aliphatic carbocycles. The molecule has 3 unspecified atom stereocenters. The maximum atomic E-state index is 12.9. The van der Waals surface area contributed by atoms with Crippen molar-refractivity contribution in [1.29, 1.82) is 0 Å². The molecule has 10 nitrogen and oxygen atoms in total. The lowest BCUT2D eigenvalue weighted by molar-refractivity contribution is -0.327. The standard InChI is InChI=1S/C37H31N3O7P3/c41-37(42-31-19-7-1-8-20-31,43-32-21-9-2-10-22-32)39-48(45-34-25-13-4-14-26-34)38-49(46-35-27-15-5-16-28-35)40(44-33-23-11-3-12-24-33)50(39)47-36-29-17-6-18-30-36/h1-30,41H/q+1. The van der Waals surface area contributed by atoms with E-state index < -0.39 is 30.3 Å². The Morgan fingerprint density at radius 3 is 1.32 bits per heavy atom. The van der Waals surface area contributed by atoms with E-state index in [9.17, 15) is 5.11 Å². The number of rotatable bonds is 13. The van der Waals surface area contributed by atoms with Gasteiger partial charge in [-0.05, 0) is 76.9 Å². The van der Waals surface area contributed by atoms with E-state index in [1.165, 1.54) is 8.35 Å². The molecule has 0 saturated carbocycles. The number of ether oxygens (including phenoxy) is 2. The average molecular weight is 723 g/mol. The first-order valence-electron chi connectivity index (χ1n) is 15.5. The van der Waals surface area contributed by atoms with Crippen molar-refractivity contribution in [1.82, 2.24) is 12.9 Å². The Balaban J connectivity index is 1.53. The van der Waals surface area contributed by atoms with E-state index in [0.29, 0.717) is 34.5 Å². The first-order valence-corrected chi connectivity index (χ1v) is 19.0. The van der Waals surface area contributed by atoms with Gasteiger partial charge in [0.2, 0.25) is 0 Å². The summed E-state index contributed by atoms with van der Waals surface area (Å²) in [6.07, 6.45) is -2.57. The van der Waals surface area contributed by atoms with E-state index in [1.54, 1.807) is 72.8 Å². The van der Waals surface area contributed by atoms with E-state index >= 15 is 0 Å². The van der Waals surface area contributed by atoms with Crippen LogP contribution in [0.5, 0.6) is 34.5 Å². The van der Waals surface area contributed by atoms with Gasteiger partial charge in [-0.15, -0.1) is 0 Å². The molecular weight excluding hydrogens is 691 g/mol. The third-order valence-electron chi connectivity index (χ3n) is 6.73. The fraction of sp³-hybridized carbons (Fsp3) is 0.0270. The second-order valence-corrected chi connectivity index (χ2v) is 15.3. The highest BCUT2D eigenvalue weighted by Crippen LogP contribution is 2.50. The summed E-state index contributed by atoms with van der Waals surface area (Å²) >= 11 is 0. The van der Waals surface area contributed by atoms with Gasteiger partial charge in [-0.1, -0.05) is 109 Å². The van der Waals surface area contributed by atoms with Gasteiger partial charge >= 0.3 is 30.3 Å². The van der Waals surface area contributed by atoms with Crippen LogP contribution < -0.4 is 27.9 Å². The van der Waals surface area contributed by atoms with E-state index in [-0.39, 0.29) is 0 Å². The van der Waals surface area contributed by atoms with Crippen molar-refractivity contribution in [3.8, 4) is 34.5 Å². The van der Waals surface area contributed by atoms with Gasteiger partial charge in [-0.25, -0.2) is 0 Å². The molecule has 1 aromatic heterocycles. The number of aliphatic hydroxyl groups is 1. The second-order valence-electron chi connectivity index (χ2n) is 10.4. The molecule has 3 atom stereocenters. The van der Waals surface area contributed by atoms with Gasteiger partial charge in [-0.3, -0.25) is 0 Å². The van der Waals surface area contributed by atoms with Gasteiger partial charge in [0.1, 0.15) is 11.5 Å². The van der Waals surface area contributed by atoms with E-state index in [4.69, 9.17) is 32.4 Å². The normalized spacial score (nSPS) is 12.0. The van der Waals surface area contributed by atoms with Crippen molar-refractivity contribution in [2.45, 2.75) is 6.10 Å². The van der Waals surface area contributed by atoms with Crippen molar-refractivity contribution in [3.05, 3.63) is 182 Å². The SMILES string of the molecule is OC(Oc1ccccc1)(Oc1ccccc1)n1p(Oc2ccccc2)n[p+](Oc2ccccc2)n(Oc2ccccc2)p1Oc1ccccc1. The third kappa shape index (κ3) is 8.15. The van der Waals surface area contributed by atoms with Gasteiger partial charge in [0.05, 0.1) is 4.26 Å². The van der Waals surface area contributed by atoms with Gasteiger partial charge in [-0.2, -0.15) is 0 Å². The molecule has 7 rings (SSSR count). The summed E-state index contributed by atoms with van der Waals surface area (Å²) in [5, 5.41) is 12.9. The Bertz CT molecular complexity index is 2080. The topological polar surface area (TPSA) is 98.4 Å².